The number of benzene rings is 2. The van der Waals surface area contributed by atoms with Crippen molar-refractivity contribution in [3.05, 3.63) is 77.1 Å². The first-order valence-electron chi connectivity index (χ1n) is 13.3. The number of nitrogens with one attached hydrogen (secondary N) is 1. The second kappa shape index (κ2) is 10.7. The number of fused-ring (bicyclic) bond motifs is 1. The van der Waals surface area contributed by atoms with Gasteiger partial charge in [-0.15, -0.1) is 5.10 Å². The van der Waals surface area contributed by atoms with Crippen LogP contribution >= 0.6 is 0 Å². The molecule has 192 valence electrons. The number of carbonyl (C=O) groups excluding carboxylic acids is 1. The Kier molecular flexibility index (Phi) is 7.22. The van der Waals surface area contributed by atoms with Crippen LogP contribution in [0, 0.1) is 26.7 Å². The lowest BCUT2D eigenvalue weighted by molar-refractivity contribution is -0.126. The van der Waals surface area contributed by atoms with Crippen molar-refractivity contribution in [1.82, 2.24) is 25.3 Å². The Bertz CT molecular complexity index is 1370. The molecule has 0 spiro atoms. The summed E-state index contributed by atoms with van der Waals surface area (Å²) in [5.74, 6) is 1.00. The number of nitrogens with zero attached hydrogens (tertiary/aromatic N) is 5. The van der Waals surface area contributed by atoms with E-state index in [-0.39, 0.29) is 17.9 Å². The van der Waals surface area contributed by atoms with E-state index >= 15 is 0 Å². The zero-order chi connectivity index (χ0) is 25.9. The molecule has 2 aromatic heterocycles. The molecule has 7 heteroatoms. The molecule has 7 nitrogen and oxygen atoms in total. The minimum atomic E-state index is 0.0242. The van der Waals surface area contributed by atoms with E-state index in [4.69, 9.17) is 5.10 Å². The molecule has 1 fully saturated rings. The molecule has 37 heavy (non-hydrogen) atoms. The van der Waals surface area contributed by atoms with E-state index < -0.39 is 0 Å². The van der Waals surface area contributed by atoms with E-state index in [1.165, 1.54) is 11.1 Å². The normalized spacial score (nSPS) is 15.2. The highest BCUT2D eigenvalue weighted by atomic mass is 16.1. The minimum absolute atomic E-state index is 0.0242. The lowest BCUT2D eigenvalue weighted by Crippen LogP contribution is -2.43. The number of piperidine rings is 1. The van der Waals surface area contributed by atoms with E-state index in [0.29, 0.717) is 0 Å². The summed E-state index contributed by atoms with van der Waals surface area (Å²) in [6.45, 7) is 9.79. The van der Waals surface area contributed by atoms with Gasteiger partial charge < -0.3 is 10.2 Å². The maximum absolute atomic E-state index is 13.0. The average molecular weight is 497 g/mol. The highest BCUT2D eigenvalue weighted by molar-refractivity contribution is 5.92. The molecule has 0 unspecified atom stereocenters. The van der Waals surface area contributed by atoms with Crippen molar-refractivity contribution in [2.24, 2.45) is 5.92 Å². The second-order valence-corrected chi connectivity index (χ2v) is 10.4. The van der Waals surface area contributed by atoms with Gasteiger partial charge >= 0.3 is 0 Å². The molecular weight excluding hydrogens is 460 g/mol. The summed E-state index contributed by atoms with van der Waals surface area (Å²) in [7, 11) is 0. The van der Waals surface area contributed by atoms with Crippen molar-refractivity contribution in [3.8, 4) is 5.69 Å². The summed E-state index contributed by atoms with van der Waals surface area (Å²) in [4.78, 5) is 15.2. The number of carbonyl (C=O) groups is 1. The Morgan fingerprint density at radius 2 is 1.70 bits per heavy atom. The maximum atomic E-state index is 13.0. The fourth-order valence-electron chi connectivity index (χ4n) is 5.28. The molecule has 1 amide bonds. The zero-order valence-corrected chi connectivity index (χ0v) is 22.2. The van der Waals surface area contributed by atoms with Gasteiger partial charge in [0.2, 0.25) is 5.91 Å². The van der Waals surface area contributed by atoms with E-state index in [9.17, 15) is 4.79 Å². The first-order chi connectivity index (χ1) is 17.9. The van der Waals surface area contributed by atoms with Gasteiger partial charge in [-0.3, -0.25) is 4.79 Å². The van der Waals surface area contributed by atoms with E-state index in [0.717, 1.165) is 72.6 Å². The highest BCUT2D eigenvalue weighted by Crippen LogP contribution is 2.31. The molecular formula is C30H36N6O. The summed E-state index contributed by atoms with van der Waals surface area (Å²) >= 11 is 0. The molecule has 1 aliphatic rings. The number of aryl methyl sites for hydroxylation is 4. The van der Waals surface area contributed by atoms with Gasteiger partial charge in [-0.25, -0.2) is 4.68 Å². The largest absolute Gasteiger partial charge is 0.353 e. The fraction of sp³-hybridized carbons (Fsp3) is 0.400. The van der Waals surface area contributed by atoms with Crippen molar-refractivity contribution >= 4 is 22.6 Å². The maximum Gasteiger partial charge on any atom is 0.223 e. The molecule has 5 rings (SSSR count). The van der Waals surface area contributed by atoms with Crippen LogP contribution in [0.5, 0.6) is 0 Å². The number of aromatic nitrogens is 4. The van der Waals surface area contributed by atoms with Crippen LogP contribution in [0.2, 0.25) is 0 Å². The molecule has 4 aromatic rings. The van der Waals surface area contributed by atoms with Crippen LogP contribution in [0.3, 0.4) is 0 Å². The van der Waals surface area contributed by atoms with Crippen LogP contribution in [0.25, 0.3) is 16.6 Å². The average Bonchev–Trinajstić information content (AvgIpc) is 3.26. The Hall–Kier alpha value is -3.74. The number of rotatable bonds is 7. The van der Waals surface area contributed by atoms with Gasteiger partial charge in [-0.2, -0.15) is 10.2 Å². The quantitative estimate of drug-likeness (QED) is 0.386. The minimum Gasteiger partial charge on any atom is -0.353 e. The molecule has 1 atom stereocenters. The van der Waals surface area contributed by atoms with Crippen molar-refractivity contribution in [3.63, 3.8) is 0 Å². The Morgan fingerprint density at radius 1 is 1.00 bits per heavy atom. The molecule has 2 aromatic carbocycles. The summed E-state index contributed by atoms with van der Waals surface area (Å²) in [6, 6.07) is 19.0. The molecule has 1 N–H and O–H groups in total. The zero-order valence-electron chi connectivity index (χ0n) is 22.2. The lowest BCUT2D eigenvalue weighted by atomic mass is 9.95. The molecule has 0 radical (unpaired) electrons. The molecule has 3 heterocycles. The third-order valence-corrected chi connectivity index (χ3v) is 7.53. The van der Waals surface area contributed by atoms with Crippen LogP contribution in [0.4, 0.5) is 5.82 Å². The van der Waals surface area contributed by atoms with Crippen molar-refractivity contribution < 1.29 is 4.79 Å². The molecule has 0 aliphatic carbocycles. The van der Waals surface area contributed by atoms with Crippen LogP contribution in [-0.4, -0.2) is 45.0 Å². The number of hydrogen-bond acceptors (Lipinski definition) is 5. The van der Waals surface area contributed by atoms with Crippen LogP contribution in [0.15, 0.2) is 54.6 Å². The van der Waals surface area contributed by atoms with Gasteiger partial charge in [0.25, 0.3) is 0 Å². The lowest BCUT2D eigenvalue weighted by Gasteiger charge is -2.32. The molecule has 1 aliphatic heterocycles. The Morgan fingerprint density at radius 3 is 2.41 bits per heavy atom. The second-order valence-electron chi connectivity index (χ2n) is 10.4. The number of anilines is 1. The van der Waals surface area contributed by atoms with Gasteiger partial charge in [-0.05, 0) is 71.1 Å². The van der Waals surface area contributed by atoms with Gasteiger partial charge in [0.15, 0.2) is 5.82 Å². The third-order valence-electron chi connectivity index (χ3n) is 7.53. The summed E-state index contributed by atoms with van der Waals surface area (Å²) in [6.07, 6.45) is 3.50. The smallest absolute Gasteiger partial charge is 0.223 e. The summed E-state index contributed by atoms with van der Waals surface area (Å²) in [5, 5.41) is 18.3. The Labute approximate surface area is 218 Å². The number of amides is 1. The van der Waals surface area contributed by atoms with Gasteiger partial charge in [0.05, 0.1) is 22.5 Å². The van der Waals surface area contributed by atoms with Crippen LogP contribution < -0.4 is 10.2 Å². The Balaban J connectivity index is 1.25. The van der Waals surface area contributed by atoms with Crippen molar-refractivity contribution in [2.75, 3.05) is 18.0 Å². The van der Waals surface area contributed by atoms with Crippen LogP contribution in [0.1, 0.15) is 48.7 Å². The molecule has 1 saturated heterocycles. The van der Waals surface area contributed by atoms with Crippen molar-refractivity contribution in [1.29, 1.82) is 0 Å². The van der Waals surface area contributed by atoms with Gasteiger partial charge in [0, 0.05) is 25.0 Å². The standard InChI is InChI=1S/C30H36N6O/c1-20-10-14-26(15-11-20)36-23(4)27-22(3)32-33-29(28(27)34-36)35-18-16-25(17-19-35)30(37)31-21(2)12-13-24-8-6-5-7-9-24/h5-11,14-15,21,25H,12-13,16-19H2,1-4H3,(H,31,37)/t21-/m0/s1. The van der Waals surface area contributed by atoms with E-state index in [1.807, 2.05) is 17.7 Å². The third kappa shape index (κ3) is 5.36. The van der Waals surface area contributed by atoms with E-state index in [1.54, 1.807) is 0 Å². The number of hydrogen-bond donors (Lipinski definition) is 1. The van der Waals surface area contributed by atoms with Gasteiger partial charge in [0.1, 0.15) is 5.52 Å². The van der Waals surface area contributed by atoms with E-state index in [2.05, 4.69) is 89.7 Å². The predicted octanol–water partition coefficient (Wildman–Crippen LogP) is 5.09. The van der Waals surface area contributed by atoms with Crippen LogP contribution in [-0.2, 0) is 11.2 Å². The summed E-state index contributed by atoms with van der Waals surface area (Å²) < 4.78 is 1.99. The fourth-order valence-corrected chi connectivity index (χ4v) is 5.28. The molecule has 0 bridgehead atoms. The highest BCUT2D eigenvalue weighted by Gasteiger charge is 2.29. The van der Waals surface area contributed by atoms with Crippen molar-refractivity contribution in [2.45, 2.75) is 59.4 Å². The SMILES string of the molecule is Cc1ccc(-n2nc3c(N4CCC(C(=O)N[C@@H](C)CCc5ccccc5)CC4)nnc(C)c3c2C)cc1. The molecule has 0 saturated carbocycles. The topological polar surface area (TPSA) is 75.9 Å². The first kappa shape index (κ1) is 24.9. The monoisotopic (exact) mass is 496 g/mol. The first-order valence-corrected chi connectivity index (χ1v) is 13.3. The summed E-state index contributed by atoms with van der Waals surface area (Å²) in [5.41, 5.74) is 6.38. The predicted molar refractivity (Wildman–Crippen MR) is 148 cm³/mol. The van der Waals surface area contributed by atoms with Gasteiger partial charge in [-0.1, -0.05) is 48.0 Å².